The van der Waals surface area contributed by atoms with Gasteiger partial charge in [-0.15, -0.1) is 11.8 Å². The fraction of sp³-hybridized carbons (Fsp3) is 0.0500. The Balaban J connectivity index is 1.64. The first kappa shape index (κ1) is 16.1. The molecule has 3 aromatic carbocycles. The molecule has 0 fully saturated rings. The first-order chi connectivity index (χ1) is 11.7. The highest BCUT2D eigenvalue weighted by atomic mass is 32.2. The van der Waals surface area contributed by atoms with Crippen molar-refractivity contribution in [1.82, 2.24) is 0 Å². The molecule has 0 aliphatic heterocycles. The third-order valence-corrected chi connectivity index (χ3v) is 4.19. The molecule has 0 aromatic heterocycles. The minimum Gasteiger partial charge on any atom is -0.457 e. The summed E-state index contributed by atoms with van der Waals surface area (Å²) in [6.07, 6.45) is 2.02. The smallest absolute Gasteiger partial charge is 0.255 e. The van der Waals surface area contributed by atoms with E-state index < -0.39 is 0 Å². The van der Waals surface area contributed by atoms with Crippen molar-refractivity contribution in [3.05, 3.63) is 84.4 Å². The van der Waals surface area contributed by atoms with Gasteiger partial charge in [-0.2, -0.15) is 0 Å². The average molecular weight is 335 g/mol. The first-order valence-electron chi connectivity index (χ1n) is 7.53. The SMILES string of the molecule is CSc1ccc(NC(=O)c2ccc(Oc3ccccc3)cc2)cc1. The highest BCUT2D eigenvalue weighted by Crippen LogP contribution is 2.22. The van der Waals surface area contributed by atoms with Gasteiger partial charge in [0, 0.05) is 16.1 Å². The van der Waals surface area contributed by atoms with Crippen molar-refractivity contribution in [1.29, 1.82) is 0 Å². The Kier molecular flexibility index (Phi) is 5.18. The number of hydrogen-bond donors (Lipinski definition) is 1. The fourth-order valence-electron chi connectivity index (χ4n) is 2.18. The number of carbonyl (C=O) groups is 1. The van der Waals surface area contributed by atoms with Crippen molar-refractivity contribution in [2.45, 2.75) is 4.90 Å². The topological polar surface area (TPSA) is 38.3 Å². The minimum atomic E-state index is -0.141. The molecule has 0 aliphatic rings. The molecule has 3 nitrogen and oxygen atoms in total. The van der Waals surface area contributed by atoms with Crippen molar-refractivity contribution in [2.75, 3.05) is 11.6 Å². The lowest BCUT2D eigenvalue weighted by molar-refractivity contribution is 0.102. The van der Waals surface area contributed by atoms with E-state index in [9.17, 15) is 4.79 Å². The van der Waals surface area contributed by atoms with E-state index in [0.29, 0.717) is 11.3 Å². The summed E-state index contributed by atoms with van der Waals surface area (Å²) in [4.78, 5) is 13.4. The monoisotopic (exact) mass is 335 g/mol. The third-order valence-electron chi connectivity index (χ3n) is 3.44. The summed E-state index contributed by atoms with van der Waals surface area (Å²) in [6, 6.07) is 24.4. The predicted molar refractivity (Wildman–Crippen MR) is 99.1 cm³/mol. The maximum absolute atomic E-state index is 12.3. The average Bonchev–Trinajstić information content (AvgIpc) is 2.64. The van der Waals surface area contributed by atoms with Crippen LogP contribution in [0.2, 0.25) is 0 Å². The lowest BCUT2D eigenvalue weighted by Gasteiger charge is -2.08. The maximum Gasteiger partial charge on any atom is 0.255 e. The van der Waals surface area contributed by atoms with Gasteiger partial charge in [0.1, 0.15) is 11.5 Å². The van der Waals surface area contributed by atoms with E-state index in [1.807, 2.05) is 60.9 Å². The summed E-state index contributed by atoms with van der Waals surface area (Å²) in [5, 5.41) is 2.89. The Labute approximate surface area is 145 Å². The number of para-hydroxylation sites is 1. The second-order valence-corrected chi connectivity index (χ2v) is 6.00. The van der Waals surface area contributed by atoms with Crippen LogP contribution >= 0.6 is 11.8 Å². The Bertz CT molecular complexity index is 799. The lowest BCUT2D eigenvalue weighted by Crippen LogP contribution is -2.11. The van der Waals surface area contributed by atoms with Gasteiger partial charge < -0.3 is 10.1 Å². The van der Waals surface area contributed by atoms with Crippen LogP contribution in [0.1, 0.15) is 10.4 Å². The predicted octanol–water partition coefficient (Wildman–Crippen LogP) is 5.45. The minimum absolute atomic E-state index is 0.141. The molecule has 0 atom stereocenters. The molecule has 120 valence electrons. The van der Waals surface area contributed by atoms with Gasteiger partial charge in [-0.1, -0.05) is 18.2 Å². The van der Waals surface area contributed by atoms with E-state index in [-0.39, 0.29) is 5.91 Å². The van der Waals surface area contributed by atoms with Gasteiger partial charge in [-0.3, -0.25) is 4.79 Å². The molecule has 0 saturated carbocycles. The lowest BCUT2D eigenvalue weighted by atomic mass is 10.2. The Morgan fingerprint density at radius 2 is 1.46 bits per heavy atom. The summed E-state index contributed by atoms with van der Waals surface area (Å²) >= 11 is 1.67. The Morgan fingerprint density at radius 1 is 0.833 bits per heavy atom. The second-order valence-electron chi connectivity index (χ2n) is 5.12. The van der Waals surface area contributed by atoms with Gasteiger partial charge in [0.15, 0.2) is 0 Å². The molecule has 0 unspecified atom stereocenters. The number of anilines is 1. The Morgan fingerprint density at radius 3 is 2.08 bits per heavy atom. The number of thioether (sulfide) groups is 1. The van der Waals surface area contributed by atoms with E-state index in [1.165, 1.54) is 0 Å². The second kappa shape index (κ2) is 7.70. The number of carbonyl (C=O) groups excluding carboxylic acids is 1. The molecule has 3 aromatic rings. The first-order valence-corrected chi connectivity index (χ1v) is 8.75. The van der Waals surface area contributed by atoms with E-state index >= 15 is 0 Å². The highest BCUT2D eigenvalue weighted by molar-refractivity contribution is 7.98. The summed E-state index contributed by atoms with van der Waals surface area (Å²) in [5.74, 6) is 1.32. The van der Waals surface area contributed by atoms with Crippen molar-refractivity contribution in [3.8, 4) is 11.5 Å². The van der Waals surface area contributed by atoms with Gasteiger partial charge in [0.2, 0.25) is 0 Å². The van der Waals surface area contributed by atoms with Crippen molar-refractivity contribution in [2.24, 2.45) is 0 Å². The molecule has 0 spiro atoms. The van der Waals surface area contributed by atoms with E-state index in [1.54, 1.807) is 36.0 Å². The standard InChI is InChI=1S/C20H17NO2S/c1-24-19-13-9-16(10-14-19)21-20(22)15-7-11-18(12-8-15)23-17-5-3-2-4-6-17/h2-14H,1H3,(H,21,22). The molecule has 0 aliphatic carbocycles. The summed E-state index contributed by atoms with van der Waals surface area (Å²) in [7, 11) is 0. The van der Waals surface area contributed by atoms with Gasteiger partial charge >= 0.3 is 0 Å². The molecule has 1 amide bonds. The van der Waals surface area contributed by atoms with Crippen LogP contribution in [0.15, 0.2) is 83.8 Å². The number of hydrogen-bond acceptors (Lipinski definition) is 3. The fourth-order valence-corrected chi connectivity index (χ4v) is 2.58. The molecule has 0 heterocycles. The highest BCUT2D eigenvalue weighted by Gasteiger charge is 2.06. The van der Waals surface area contributed by atoms with Crippen molar-refractivity contribution < 1.29 is 9.53 Å². The summed E-state index contributed by atoms with van der Waals surface area (Å²) < 4.78 is 5.72. The van der Waals surface area contributed by atoms with Crippen LogP contribution in [0, 0.1) is 0 Å². The van der Waals surface area contributed by atoms with Crippen molar-refractivity contribution in [3.63, 3.8) is 0 Å². The van der Waals surface area contributed by atoms with Crippen molar-refractivity contribution >= 4 is 23.4 Å². The van der Waals surface area contributed by atoms with E-state index in [2.05, 4.69) is 5.32 Å². The molecule has 24 heavy (non-hydrogen) atoms. The van der Waals surface area contributed by atoms with Crippen LogP contribution in [0.3, 0.4) is 0 Å². The van der Waals surface area contributed by atoms with Gasteiger partial charge in [0.05, 0.1) is 0 Å². The molecule has 3 rings (SSSR count). The van der Waals surface area contributed by atoms with Crippen LogP contribution in [0.5, 0.6) is 11.5 Å². The Hall–Kier alpha value is -2.72. The molecular weight excluding hydrogens is 318 g/mol. The van der Waals surface area contributed by atoms with Gasteiger partial charge in [-0.25, -0.2) is 0 Å². The van der Waals surface area contributed by atoms with E-state index in [4.69, 9.17) is 4.74 Å². The quantitative estimate of drug-likeness (QED) is 0.630. The summed E-state index contributed by atoms with van der Waals surface area (Å²) in [6.45, 7) is 0. The third kappa shape index (κ3) is 4.18. The van der Waals surface area contributed by atoms with Crippen LogP contribution in [-0.4, -0.2) is 12.2 Å². The van der Waals surface area contributed by atoms with Crippen LogP contribution < -0.4 is 10.1 Å². The molecule has 0 bridgehead atoms. The zero-order chi connectivity index (χ0) is 16.8. The largest absolute Gasteiger partial charge is 0.457 e. The number of ether oxygens (including phenoxy) is 1. The number of amides is 1. The zero-order valence-electron chi connectivity index (χ0n) is 13.2. The van der Waals surface area contributed by atoms with Gasteiger partial charge in [0.25, 0.3) is 5.91 Å². The molecule has 0 saturated heterocycles. The molecule has 0 radical (unpaired) electrons. The van der Waals surface area contributed by atoms with Crippen LogP contribution in [0.25, 0.3) is 0 Å². The number of benzene rings is 3. The molecule has 4 heteroatoms. The molecular formula is C20H17NO2S. The molecule has 1 N–H and O–H groups in total. The summed E-state index contributed by atoms with van der Waals surface area (Å²) in [5.41, 5.74) is 1.37. The zero-order valence-corrected chi connectivity index (χ0v) is 14.0. The maximum atomic E-state index is 12.3. The number of nitrogens with one attached hydrogen (secondary N) is 1. The van der Waals surface area contributed by atoms with Crippen LogP contribution in [-0.2, 0) is 0 Å². The van der Waals surface area contributed by atoms with Gasteiger partial charge in [-0.05, 0) is 66.9 Å². The van der Waals surface area contributed by atoms with E-state index in [0.717, 1.165) is 16.3 Å². The van der Waals surface area contributed by atoms with Crippen LogP contribution in [0.4, 0.5) is 5.69 Å². The normalized spacial score (nSPS) is 10.2. The number of rotatable bonds is 5.